The number of hydrogen-bond acceptors (Lipinski definition) is 4. The predicted octanol–water partition coefficient (Wildman–Crippen LogP) is 2.44. The number of fused-ring (bicyclic) bond motifs is 1. The number of halogens is 2. The van der Waals surface area contributed by atoms with Gasteiger partial charge in [-0.1, -0.05) is 11.6 Å². The normalized spacial score (nSPS) is 10.3. The summed E-state index contributed by atoms with van der Waals surface area (Å²) in [6.45, 7) is 0. The number of rotatable bonds is 1. The van der Waals surface area contributed by atoms with E-state index in [1.807, 2.05) is 28.9 Å². The smallest absolute Gasteiger partial charge is 0.166 e. The molecule has 0 aliphatic carbocycles. The number of nitrogens with zero attached hydrogens (tertiary/aromatic N) is 3. The van der Waals surface area contributed by atoms with Crippen LogP contribution in [-0.4, -0.2) is 15.2 Å². The van der Waals surface area contributed by atoms with Crippen LogP contribution in [-0.2, 0) is 0 Å². The Hall–Kier alpha value is -0.690. The van der Waals surface area contributed by atoms with Crippen LogP contribution in [0.15, 0.2) is 18.5 Å². The molecule has 2 rings (SSSR count). The first-order chi connectivity index (χ1) is 6.33. The van der Waals surface area contributed by atoms with E-state index in [1.54, 1.807) is 12.4 Å². The molecule has 66 valence electrons. The zero-order valence-corrected chi connectivity index (χ0v) is 9.24. The molecule has 0 aromatic carbocycles. The largest absolute Gasteiger partial charge is 0.311 e. The first kappa shape index (κ1) is 8.89. The number of anilines is 1. The number of aromatic nitrogens is 3. The first-order valence-electron chi connectivity index (χ1n) is 3.45. The summed E-state index contributed by atoms with van der Waals surface area (Å²) < 4.78 is 2.89. The molecular formula is C7H4ClIN4. The number of hydrogen-bond donors (Lipinski definition) is 1. The minimum absolute atomic E-state index is 0.396. The fraction of sp³-hybridized carbons (Fsp3) is 0. The Bertz CT molecular complexity index is 447. The molecule has 0 unspecified atom stereocenters. The van der Waals surface area contributed by atoms with E-state index in [1.165, 1.54) is 0 Å². The minimum atomic E-state index is 0.396. The van der Waals surface area contributed by atoms with E-state index in [4.69, 9.17) is 11.6 Å². The van der Waals surface area contributed by atoms with Crippen molar-refractivity contribution in [3.63, 3.8) is 0 Å². The van der Waals surface area contributed by atoms with Crippen LogP contribution in [0.3, 0.4) is 0 Å². The fourth-order valence-electron chi connectivity index (χ4n) is 1.03. The van der Waals surface area contributed by atoms with Gasteiger partial charge in [-0.15, -0.1) is 10.2 Å². The molecule has 0 amide bonds. The zero-order valence-electron chi connectivity index (χ0n) is 6.33. The molecule has 6 heteroatoms. The lowest BCUT2D eigenvalue weighted by Crippen LogP contribution is -1.92. The van der Waals surface area contributed by atoms with Crippen molar-refractivity contribution in [2.24, 2.45) is 0 Å². The summed E-state index contributed by atoms with van der Waals surface area (Å²) in [5, 5.41) is 9.80. The molecule has 2 heterocycles. The molecule has 0 fully saturated rings. The molecule has 0 bridgehead atoms. The molecule has 13 heavy (non-hydrogen) atoms. The monoisotopic (exact) mass is 306 g/mol. The third-order valence-electron chi connectivity index (χ3n) is 1.63. The molecule has 0 aliphatic rings. The van der Waals surface area contributed by atoms with Crippen LogP contribution in [0, 0.1) is 0 Å². The van der Waals surface area contributed by atoms with Gasteiger partial charge in [0.25, 0.3) is 0 Å². The van der Waals surface area contributed by atoms with Crippen LogP contribution < -0.4 is 3.53 Å². The van der Waals surface area contributed by atoms with Crippen molar-refractivity contribution in [3.8, 4) is 0 Å². The minimum Gasteiger partial charge on any atom is -0.311 e. The zero-order chi connectivity index (χ0) is 9.26. The highest BCUT2D eigenvalue weighted by Crippen LogP contribution is 2.25. The van der Waals surface area contributed by atoms with E-state index in [2.05, 4.69) is 18.7 Å². The van der Waals surface area contributed by atoms with Gasteiger partial charge in [-0.05, 0) is 6.07 Å². The highest BCUT2D eigenvalue weighted by atomic mass is 127. The van der Waals surface area contributed by atoms with Gasteiger partial charge in [0, 0.05) is 23.2 Å². The molecule has 4 nitrogen and oxygen atoms in total. The van der Waals surface area contributed by atoms with E-state index in [9.17, 15) is 0 Å². The Morgan fingerprint density at radius 1 is 1.31 bits per heavy atom. The van der Waals surface area contributed by atoms with Crippen LogP contribution in [0.25, 0.3) is 10.8 Å². The number of nitrogens with one attached hydrogen (secondary N) is 1. The van der Waals surface area contributed by atoms with Gasteiger partial charge < -0.3 is 3.53 Å². The molecule has 2 aromatic rings. The van der Waals surface area contributed by atoms with Gasteiger partial charge in [0.1, 0.15) is 0 Å². The van der Waals surface area contributed by atoms with Crippen molar-refractivity contribution < 1.29 is 0 Å². The van der Waals surface area contributed by atoms with E-state index < -0.39 is 0 Å². The van der Waals surface area contributed by atoms with E-state index >= 15 is 0 Å². The topological polar surface area (TPSA) is 50.7 Å². The third kappa shape index (κ3) is 1.53. The molecule has 2 aromatic heterocycles. The predicted molar refractivity (Wildman–Crippen MR) is 60.0 cm³/mol. The van der Waals surface area contributed by atoms with Crippen LogP contribution in [0.1, 0.15) is 0 Å². The highest BCUT2D eigenvalue weighted by molar-refractivity contribution is 14.1. The Balaban J connectivity index is 2.84. The second-order valence-electron chi connectivity index (χ2n) is 2.36. The lowest BCUT2D eigenvalue weighted by molar-refractivity contribution is 1.06. The van der Waals surface area contributed by atoms with Crippen LogP contribution in [0.5, 0.6) is 0 Å². The maximum atomic E-state index is 5.85. The number of pyridine rings is 1. The summed E-state index contributed by atoms with van der Waals surface area (Å²) in [6, 6.07) is 1.81. The van der Waals surface area contributed by atoms with Crippen molar-refractivity contribution in [1.82, 2.24) is 15.2 Å². The SMILES string of the molecule is Clc1nnc(NI)c2cnccc12. The molecule has 0 spiro atoms. The average molecular weight is 306 g/mol. The Morgan fingerprint density at radius 2 is 2.15 bits per heavy atom. The van der Waals surface area contributed by atoms with Crippen molar-refractivity contribution in [2.75, 3.05) is 3.53 Å². The maximum Gasteiger partial charge on any atom is 0.166 e. The Labute approximate surface area is 93.2 Å². The lowest BCUT2D eigenvalue weighted by atomic mass is 10.2. The summed E-state index contributed by atoms with van der Waals surface area (Å²) in [7, 11) is 0. The van der Waals surface area contributed by atoms with E-state index in [0.29, 0.717) is 11.0 Å². The van der Waals surface area contributed by atoms with Gasteiger partial charge in [-0.3, -0.25) is 4.98 Å². The summed E-state index contributed by atoms with van der Waals surface area (Å²) in [6.07, 6.45) is 3.38. The highest BCUT2D eigenvalue weighted by Gasteiger charge is 2.05. The maximum absolute atomic E-state index is 5.85. The summed E-state index contributed by atoms with van der Waals surface area (Å²) in [5.74, 6) is 0.674. The summed E-state index contributed by atoms with van der Waals surface area (Å²) >= 11 is 7.84. The molecule has 0 radical (unpaired) electrons. The van der Waals surface area contributed by atoms with Gasteiger partial charge in [0.05, 0.1) is 22.9 Å². The first-order valence-corrected chi connectivity index (χ1v) is 4.91. The molecule has 0 saturated heterocycles. The summed E-state index contributed by atoms with van der Waals surface area (Å²) in [4.78, 5) is 3.99. The molecule has 0 atom stereocenters. The van der Waals surface area contributed by atoms with Gasteiger partial charge >= 0.3 is 0 Å². The van der Waals surface area contributed by atoms with E-state index in [-0.39, 0.29) is 0 Å². The average Bonchev–Trinajstić information content (AvgIpc) is 2.19. The quantitative estimate of drug-likeness (QED) is 0.649. The third-order valence-corrected chi connectivity index (χ3v) is 2.42. The summed E-state index contributed by atoms with van der Waals surface area (Å²) in [5.41, 5.74) is 0. The van der Waals surface area contributed by atoms with Gasteiger partial charge in [-0.2, -0.15) is 0 Å². The Morgan fingerprint density at radius 3 is 2.92 bits per heavy atom. The molecular weight excluding hydrogens is 302 g/mol. The lowest BCUT2D eigenvalue weighted by Gasteiger charge is -2.02. The van der Waals surface area contributed by atoms with Crippen molar-refractivity contribution in [2.45, 2.75) is 0 Å². The van der Waals surface area contributed by atoms with Gasteiger partial charge in [-0.25, -0.2) is 0 Å². The van der Waals surface area contributed by atoms with E-state index in [0.717, 1.165) is 10.8 Å². The molecule has 1 N–H and O–H groups in total. The van der Waals surface area contributed by atoms with Crippen molar-refractivity contribution in [1.29, 1.82) is 0 Å². The van der Waals surface area contributed by atoms with Crippen LogP contribution in [0.2, 0.25) is 5.15 Å². The van der Waals surface area contributed by atoms with Crippen molar-refractivity contribution in [3.05, 3.63) is 23.6 Å². The van der Waals surface area contributed by atoms with Crippen molar-refractivity contribution >= 4 is 51.1 Å². The fourth-order valence-corrected chi connectivity index (χ4v) is 1.64. The van der Waals surface area contributed by atoms with Gasteiger partial charge in [0.2, 0.25) is 0 Å². The molecule has 0 aliphatic heterocycles. The standard InChI is InChI=1S/C7H4ClIN4/c8-6-4-1-2-10-3-5(4)7(11-9)13-12-6/h1-3H,(H,11,13). The second kappa shape index (κ2) is 3.59. The Kier molecular flexibility index (Phi) is 2.45. The van der Waals surface area contributed by atoms with Gasteiger partial charge in [0.15, 0.2) is 11.0 Å². The molecule has 0 saturated carbocycles. The van der Waals surface area contributed by atoms with Crippen LogP contribution >= 0.6 is 34.5 Å². The second-order valence-corrected chi connectivity index (χ2v) is 3.25. The van der Waals surface area contributed by atoms with Crippen LogP contribution in [0.4, 0.5) is 5.82 Å².